The third-order valence-corrected chi connectivity index (χ3v) is 6.90. The Morgan fingerprint density at radius 1 is 1.19 bits per heavy atom. The van der Waals surface area contributed by atoms with Crippen molar-refractivity contribution in [3.63, 3.8) is 0 Å². The summed E-state index contributed by atoms with van der Waals surface area (Å²) in [5, 5.41) is 0.570. The lowest BCUT2D eigenvalue weighted by Gasteiger charge is -2.29. The first-order chi connectivity index (χ1) is 12.9. The van der Waals surface area contributed by atoms with Crippen LogP contribution >= 0.6 is 11.6 Å². The molecule has 1 atom stereocenters. The molecular formula is C20H22ClNO4S. The van der Waals surface area contributed by atoms with Crippen molar-refractivity contribution in [2.24, 2.45) is 0 Å². The molecule has 2 aromatic rings. The van der Waals surface area contributed by atoms with Crippen LogP contribution in [0, 0.1) is 0 Å². The number of carbonyl (C=O) groups excluding carboxylic acids is 1. The largest absolute Gasteiger partial charge is 0.497 e. The van der Waals surface area contributed by atoms with E-state index in [1.165, 1.54) is 0 Å². The van der Waals surface area contributed by atoms with Crippen LogP contribution < -0.4 is 4.74 Å². The van der Waals surface area contributed by atoms with Gasteiger partial charge >= 0.3 is 0 Å². The van der Waals surface area contributed by atoms with Gasteiger partial charge in [0.1, 0.15) is 5.75 Å². The lowest BCUT2D eigenvalue weighted by atomic mass is 10.1. The number of amides is 1. The van der Waals surface area contributed by atoms with Crippen LogP contribution in [0.3, 0.4) is 0 Å². The smallest absolute Gasteiger partial charge is 0.227 e. The topological polar surface area (TPSA) is 63.7 Å². The Bertz CT molecular complexity index is 912. The molecule has 1 unspecified atom stereocenters. The molecule has 5 nitrogen and oxygen atoms in total. The van der Waals surface area contributed by atoms with Crippen LogP contribution in [0.1, 0.15) is 17.5 Å². The van der Waals surface area contributed by atoms with E-state index in [0.717, 1.165) is 16.9 Å². The minimum Gasteiger partial charge on any atom is -0.497 e. The molecule has 1 fully saturated rings. The van der Waals surface area contributed by atoms with Gasteiger partial charge in [-0.3, -0.25) is 4.79 Å². The molecule has 27 heavy (non-hydrogen) atoms. The number of sulfone groups is 1. The Kier molecular flexibility index (Phi) is 6.07. The molecule has 0 aliphatic carbocycles. The quantitative estimate of drug-likeness (QED) is 0.738. The molecule has 1 amide bonds. The first-order valence-corrected chi connectivity index (χ1v) is 10.9. The van der Waals surface area contributed by atoms with Gasteiger partial charge in [0.25, 0.3) is 0 Å². The fourth-order valence-electron chi connectivity index (χ4n) is 3.27. The fraction of sp³-hybridized carbons (Fsp3) is 0.350. The number of benzene rings is 2. The van der Waals surface area contributed by atoms with E-state index in [4.69, 9.17) is 16.3 Å². The monoisotopic (exact) mass is 407 g/mol. The SMILES string of the molecule is COc1ccc(CC(=O)N(Cc2ccccc2Cl)C2CCS(=O)(=O)C2)cc1. The van der Waals surface area contributed by atoms with Gasteiger partial charge < -0.3 is 9.64 Å². The molecular weight excluding hydrogens is 386 g/mol. The summed E-state index contributed by atoms with van der Waals surface area (Å²) in [6.45, 7) is 0.300. The van der Waals surface area contributed by atoms with Gasteiger partial charge in [-0.2, -0.15) is 0 Å². The molecule has 144 valence electrons. The van der Waals surface area contributed by atoms with E-state index >= 15 is 0 Å². The van der Waals surface area contributed by atoms with Gasteiger partial charge in [0.15, 0.2) is 9.84 Å². The second-order valence-corrected chi connectivity index (χ2v) is 9.33. The fourth-order valence-corrected chi connectivity index (χ4v) is 5.20. The lowest BCUT2D eigenvalue weighted by molar-refractivity contribution is -0.133. The highest BCUT2D eigenvalue weighted by molar-refractivity contribution is 7.91. The molecule has 1 heterocycles. The van der Waals surface area contributed by atoms with Gasteiger partial charge in [0, 0.05) is 17.6 Å². The average molecular weight is 408 g/mol. The number of carbonyl (C=O) groups is 1. The normalized spacial score (nSPS) is 18.2. The molecule has 3 rings (SSSR count). The summed E-state index contributed by atoms with van der Waals surface area (Å²) in [6, 6.07) is 14.3. The first-order valence-electron chi connectivity index (χ1n) is 8.74. The maximum Gasteiger partial charge on any atom is 0.227 e. The number of hydrogen-bond acceptors (Lipinski definition) is 4. The van der Waals surface area contributed by atoms with Crippen LogP contribution in [0.15, 0.2) is 48.5 Å². The van der Waals surface area contributed by atoms with Gasteiger partial charge in [-0.25, -0.2) is 8.42 Å². The van der Waals surface area contributed by atoms with Crippen molar-refractivity contribution in [1.82, 2.24) is 4.90 Å². The molecule has 0 spiro atoms. The molecule has 1 saturated heterocycles. The molecule has 0 saturated carbocycles. The summed E-state index contributed by atoms with van der Waals surface area (Å²) in [4.78, 5) is 14.7. The summed E-state index contributed by atoms with van der Waals surface area (Å²) < 4.78 is 29.0. The second-order valence-electron chi connectivity index (χ2n) is 6.69. The Balaban J connectivity index is 1.81. The molecule has 1 aliphatic rings. The van der Waals surface area contributed by atoms with E-state index in [1.807, 2.05) is 30.3 Å². The highest BCUT2D eigenvalue weighted by Crippen LogP contribution is 2.24. The number of halogens is 1. The second kappa shape index (κ2) is 8.31. The van der Waals surface area contributed by atoms with Crippen LogP contribution in [0.25, 0.3) is 0 Å². The predicted octanol–water partition coefficient (Wildman–Crippen LogP) is 3.11. The third-order valence-electron chi connectivity index (χ3n) is 4.78. The molecule has 0 bridgehead atoms. The first kappa shape index (κ1) is 19.7. The van der Waals surface area contributed by atoms with Crippen molar-refractivity contribution in [1.29, 1.82) is 0 Å². The maximum atomic E-state index is 13.0. The Hall–Kier alpha value is -2.05. The van der Waals surface area contributed by atoms with Gasteiger partial charge in [-0.15, -0.1) is 0 Å². The summed E-state index contributed by atoms with van der Waals surface area (Å²) in [6.07, 6.45) is 0.659. The lowest BCUT2D eigenvalue weighted by Crippen LogP contribution is -2.41. The summed E-state index contributed by atoms with van der Waals surface area (Å²) in [5.41, 5.74) is 1.66. The molecule has 7 heteroatoms. The van der Waals surface area contributed by atoms with Crippen molar-refractivity contribution in [2.45, 2.75) is 25.4 Å². The highest BCUT2D eigenvalue weighted by Gasteiger charge is 2.34. The van der Waals surface area contributed by atoms with Crippen LogP contribution in [0.5, 0.6) is 5.75 Å². The molecule has 0 radical (unpaired) electrons. The minimum absolute atomic E-state index is 0.00576. The van der Waals surface area contributed by atoms with Gasteiger partial charge in [-0.1, -0.05) is 41.9 Å². The zero-order valence-electron chi connectivity index (χ0n) is 15.1. The summed E-state index contributed by atoms with van der Waals surface area (Å²) in [5.74, 6) is 0.737. The van der Waals surface area contributed by atoms with Gasteiger partial charge in [0.05, 0.1) is 25.0 Å². The number of ether oxygens (including phenoxy) is 1. The van der Waals surface area contributed by atoms with Crippen molar-refractivity contribution in [3.8, 4) is 5.75 Å². The van der Waals surface area contributed by atoms with E-state index in [2.05, 4.69) is 0 Å². The third kappa shape index (κ3) is 5.02. The van der Waals surface area contributed by atoms with Crippen LogP contribution in [-0.2, 0) is 27.6 Å². The molecule has 0 aromatic heterocycles. The van der Waals surface area contributed by atoms with Crippen molar-refractivity contribution in [3.05, 3.63) is 64.7 Å². The van der Waals surface area contributed by atoms with E-state index in [0.29, 0.717) is 18.0 Å². The Labute approximate surface area is 164 Å². The van der Waals surface area contributed by atoms with Crippen LogP contribution in [-0.4, -0.2) is 43.9 Å². The predicted molar refractivity (Wildman–Crippen MR) is 106 cm³/mol. The average Bonchev–Trinajstić information content (AvgIpc) is 3.01. The number of methoxy groups -OCH3 is 1. The van der Waals surface area contributed by atoms with Crippen molar-refractivity contribution >= 4 is 27.3 Å². The van der Waals surface area contributed by atoms with Crippen LogP contribution in [0.2, 0.25) is 5.02 Å². The zero-order valence-corrected chi connectivity index (χ0v) is 16.7. The highest BCUT2D eigenvalue weighted by atomic mass is 35.5. The van der Waals surface area contributed by atoms with Gasteiger partial charge in [0.2, 0.25) is 5.91 Å². The summed E-state index contributed by atoms with van der Waals surface area (Å²) >= 11 is 6.26. The van der Waals surface area contributed by atoms with Gasteiger partial charge in [-0.05, 0) is 35.7 Å². The summed E-state index contributed by atoms with van der Waals surface area (Å²) in [7, 11) is -1.51. The maximum absolute atomic E-state index is 13.0. The number of rotatable bonds is 6. The van der Waals surface area contributed by atoms with Crippen molar-refractivity contribution < 1.29 is 17.9 Å². The number of nitrogens with zero attached hydrogens (tertiary/aromatic N) is 1. The minimum atomic E-state index is -3.10. The van der Waals surface area contributed by atoms with E-state index in [9.17, 15) is 13.2 Å². The molecule has 0 N–H and O–H groups in total. The van der Waals surface area contributed by atoms with E-state index in [-0.39, 0.29) is 29.9 Å². The standard InChI is InChI=1S/C20H22ClNO4S/c1-26-18-8-6-15(7-9-18)12-20(23)22(17-10-11-27(24,25)14-17)13-16-4-2-3-5-19(16)21/h2-9,17H,10-14H2,1H3. The van der Waals surface area contributed by atoms with Crippen LogP contribution in [0.4, 0.5) is 0 Å². The van der Waals surface area contributed by atoms with E-state index in [1.54, 1.807) is 30.2 Å². The van der Waals surface area contributed by atoms with Crippen molar-refractivity contribution in [2.75, 3.05) is 18.6 Å². The van der Waals surface area contributed by atoms with E-state index < -0.39 is 9.84 Å². The number of hydrogen-bond donors (Lipinski definition) is 0. The Morgan fingerprint density at radius 3 is 2.48 bits per heavy atom. The zero-order chi connectivity index (χ0) is 19.4. The Morgan fingerprint density at radius 2 is 1.89 bits per heavy atom. The molecule has 1 aliphatic heterocycles. The molecule has 2 aromatic carbocycles.